The molecule has 9 aromatic carbocycles. The number of nitrogens with zero attached hydrogens (tertiary/aromatic N) is 1. The highest BCUT2D eigenvalue weighted by Crippen LogP contribution is 2.58. The first-order valence-corrected chi connectivity index (χ1v) is 19.4. The lowest BCUT2D eigenvalue weighted by Gasteiger charge is -2.42. The summed E-state index contributed by atoms with van der Waals surface area (Å²) in [4.78, 5) is 0. The van der Waals surface area contributed by atoms with Crippen LogP contribution in [0.25, 0.3) is 71.6 Å². The Bertz CT molecular complexity index is 3240. The van der Waals surface area contributed by atoms with Gasteiger partial charge in [0.05, 0.1) is 16.4 Å². The molecule has 1 aliphatic carbocycles. The third-order valence-electron chi connectivity index (χ3n) is 13.1. The van der Waals surface area contributed by atoms with Crippen LogP contribution in [0.3, 0.4) is 0 Å². The summed E-state index contributed by atoms with van der Waals surface area (Å²) in [7, 11) is 0. The van der Waals surface area contributed by atoms with Crippen LogP contribution in [0.2, 0.25) is 0 Å². The fourth-order valence-electron chi connectivity index (χ4n) is 11.0. The van der Waals surface area contributed by atoms with Crippen molar-refractivity contribution in [2.45, 2.75) is 5.41 Å². The first kappa shape index (κ1) is 29.5. The van der Waals surface area contributed by atoms with Gasteiger partial charge in [0.2, 0.25) is 6.71 Å². The molecule has 2 aliphatic heterocycles. The van der Waals surface area contributed by atoms with Gasteiger partial charge in [-0.25, -0.2) is 0 Å². The number of hydrogen-bond acceptors (Lipinski definition) is 0. The van der Waals surface area contributed by atoms with Gasteiger partial charge in [-0.05, 0) is 96.7 Å². The maximum atomic E-state index is 2.54. The Kier molecular flexibility index (Phi) is 5.70. The van der Waals surface area contributed by atoms with Crippen LogP contribution in [-0.2, 0) is 5.41 Å². The summed E-state index contributed by atoms with van der Waals surface area (Å²) >= 11 is 0. The average Bonchev–Trinajstić information content (AvgIpc) is 3.87. The maximum absolute atomic E-state index is 2.54. The van der Waals surface area contributed by atoms with E-state index in [1.54, 1.807) is 0 Å². The number of aromatic nitrogens is 1. The number of hydrogen-bond donors (Lipinski definition) is 0. The highest BCUT2D eigenvalue weighted by Gasteiger charge is 2.54. The Morgan fingerprint density at radius 1 is 0.364 bits per heavy atom. The van der Waals surface area contributed by atoms with Crippen molar-refractivity contribution in [3.05, 3.63) is 216 Å². The van der Waals surface area contributed by atoms with E-state index in [0.29, 0.717) is 0 Å². The van der Waals surface area contributed by atoms with Gasteiger partial charge in [0.1, 0.15) is 0 Å². The zero-order valence-corrected chi connectivity index (χ0v) is 30.0. The van der Waals surface area contributed by atoms with Gasteiger partial charge in [0.25, 0.3) is 0 Å². The SMILES string of the molecule is c1ccc2c(c1)B1c3cc(-n4c5ccccc5c5ccccc54)ccc3C3(c4ccccc4-c4cc(-c5cccc6ccccc56)ccc43)c3cccc-2c31. The monoisotopic (exact) mass is 693 g/mol. The summed E-state index contributed by atoms with van der Waals surface area (Å²) in [6.07, 6.45) is 0. The molecule has 0 saturated heterocycles. The zero-order valence-electron chi connectivity index (χ0n) is 30.0. The summed E-state index contributed by atoms with van der Waals surface area (Å²) in [6.45, 7) is 0.141. The lowest BCUT2D eigenvalue weighted by molar-refractivity contribution is 0.775. The van der Waals surface area contributed by atoms with Crippen molar-refractivity contribution in [1.29, 1.82) is 0 Å². The molecule has 0 radical (unpaired) electrons. The minimum atomic E-state index is -0.470. The van der Waals surface area contributed by atoms with Gasteiger partial charge in [-0.2, -0.15) is 0 Å². The van der Waals surface area contributed by atoms with Crippen LogP contribution in [0.1, 0.15) is 22.3 Å². The van der Waals surface area contributed by atoms with Crippen LogP contribution in [0.4, 0.5) is 0 Å². The molecule has 1 unspecified atom stereocenters. The summed E-state index contributed by atoms with van der Waals surface area (Å²) in [5, 5.41) is 5.12. The van der Waals surface area contributed by atoms with Crippen molar-refractivity contribution in [1.82, 2.24) is 4.57 Å². The van der Waals surface area contributed by atoms with E-state index >= 15 is 0 Å². The van der Waals surface area contributed by atoms with Crippen LogP contribution in [0, 0.1) is 0 Å². The van der Waals surface area contributed by atoms with Gasteiger partial charge in [-0.3, -0.25) is 0 Å². The van der Waals surface area contributed by atoms with Crippen LogP contribution in [-0.4, -0.2) is 11.3 Å². The number of fused-ring (bicyclic) bond motifs is 16. The van der Waals surface area contributed by atoms with Crippen molar-refractivity contribution in [3.63, 3.8) is 0 Å². The van der Waals surface area contributed by atoms with E-state index in [1.165, 1.54) is 110 Å². The first-order chi connectivity index (χ1) is 27.3. The lowest BCUT2D eigenvalue weighted by Crippen LogP contribution is -2.59. The Hall–Kier alpha value is -6.90. The Morgan fingerprint density at radius 2 is 0.964 bits per heavy atom. The Balaban J connectivity index is 1.14. The van der Waals surface area contributed by atoms with Gasteiger partial charge >= 0.3 is 0 Å². The van der Waals surface area contributed by atoms with Crippen molar-refractivity contribution in [2.75, 3.05) is 0 Å². The highest BCUT2D eigenvalue weighted by molar-refractivity contribution is 7.00. The molecule has 2 heteroatoms. The standard InChI is InChI=1S/C53H32BN/c1-2-15-36-33(13-1)14-11-20-37(36)34-27-29-45-43(31-34)38-16-3-7-22-44(38)53(45)46-30-28-35(55-50-25-9-5-18-40(50)41-19-6-10-26-51(41)55)32-49(46)54-48-24-8-4-17-39(48)42-21-12-23-47(53)52(42)54/h1-32H. The molecule has 1 aromatic heterocycles. The highest BCUT2D eigenvalue weighted by atomic mass is 15.0. The van der Waals surface area contributed by atoms with Gasteiger partial charge in [0, 0.05) is 16.5 Å². The minimum absolute atomic E-state index is 0.141. The van der Waals surface area contributed by atoms with Gasteiger partial charge < -0.3 is 4.57 Å². The molecule has 0 N–H and O–H groups in total. The number of benzene rings is 9. The maximum Gasteiger partial charge on any atom is 0.243 e. The number of para-hydroxylation sites is 2. The largest absolute Gasteiger partial charge is 0.309 e. The lowest BCUT2D eigenvalue weighted by atomic mass is 9.32. The van der Waals surface area contributed by atoms with Crippen LogP contribution >= 0.6 is 0 Å². The van der Waals surface area contributed by atoms with Crippen LogP contribution in [0.15, 0.2) is 194 Å². The second kappa shape index (κ2) is 10.6. The van der Waals surface area contributed by atoms with E-state index in [1.807, 2.05) is 0 Å². The third kappa shape index (κ3) is 3.65. The topological polar surface area (TPSA) is 4.93 Å². The van der Waals surface area contributed by atoms with Crippen LogP contribution in [0.5, 0.6) is 0 Å². The minimum Gasteiger partial charge on any atom is -0.309 e. The fraction of sp³-hybridized carbons (Fsp3) is 0.0189. The molecule has 3 heterocycles. The van der Waals surface area contributed by atoms with Crippen molar-refractivity contribution in [2.24, 2.45) is 0 Å². The molecule has 0 amide bonds. The molecule has 3 aliphatic rings. The summed E-state index contributed by atoms with van der Waals surface area (Å²) < 4.78 is 2.48. The quantitative estimate of drug-likeness (QED) is 0.159. The van der Waals surface area contributed by atoms with Gasteiger partial charge in [0.15, 0.2) is 0 Å². The normalized spacial score (nSPS) is 15.7. The van der Waals surface area contributed by atoms with E-state index in [0.717, 1.165) is 0 Å². The Labute approximate surface area is 319 Å². The van der Waals surface area contributed by atoms with Crippen LogP contribution < -0.4 is 16.4 Å². The van der Waals surface area contributed by atoms with Gasteiger partial charge in [-0.1, -0.05) is 180 Å². The molecule has 10 aromatic rings. The molecule has 55 heavy (non-hydrogen) atoms. The number of rotatable bonds is 2. The van der Waals surface area contributed by atoms with Crippen molar-refractivity contribution >= 4 is 55.7 Å². The summed E-state index contributed by atoms with van der Waals surface area (Å²) in [5.41, 5.74) is 20.9. The molecule has 0 bridgehead atoms. The van der Waals surface area contributed by atoms with E-state index in [9.17, 15) is 0 Å². The molecule has 13 rings (SSSR count). The van der Waals surface area contributed by atoms with E-state index in [2.05, 4.69) is 199 Å². The van der Waals surface area contributed by atoms with E-state index in [-0.39, 0.29) is 6.71 Å². The van der Waals surface area contributed by atoms with Crippen molar-refractivity contribution in [3.8, 4) is 39.1 Å². The fourth-order valence-corrected chi connectivity index (χ4v) is 11.0. The molecular formula is C53H32BN. The van der Waals surface area contributed by atoms with Gasteiger partial charge in [-0.15, -0.1) is 0 Å². The Morgan fingerprint density at radius 3 is 1.82 bits per heavy atom. The van der Waals surface area contributed by atoms with Crippen molar-refractivity contribution < 1.29 is 0 Å². The van der Waals surface area contributed by atoms with E-state index in [4.69, 9.17) is 0 Å². The average molecular weight is 694 g/mol. The first-order valence-electron chi connectivity index (χ1n) is 19.4. The second-order valence-corrected chi connectivity index (χ2v) is 15.5. The molecule has 252 valence electrons. The summed E-state index contributed by atoms with van der Waals surface area (Å²) in [6, 6.07) is 73.3. The predicted octanol–water partition coefficient (Wildman–Crippen LogP) is 10.8. The zero-order chi connectivity index (χ0) is 35.8. The molecule has 1 spiro atoms. The molecule has 1 nitrogen and oxygen atoms in total. The molecule has 0 saturated carbocycles. The smallest absolute Gasteiger partial charge is 0.243 e. The molecule has 1 atom stereocenters. The summed E-state index contributed by atoms with van der Waals surface area (Å²) in [5.74, 6) is 0. The molecular weight excluding hydrogens is 661 g/mol. The van der Waals surface area contributed by atoms with E-state index < -0.39 is 5.41 Å². The third-order valence-corrected chi connectivity index (χ3v) is 13.1. The predicted molar refractivity (Wildman–Crippen MR) is 231 cm³/mol. The molecule has 0 fully saturated rings. The second-order valence-electron chi connectivity index (χ2n) is 15.5.